The second-order valence-corrected chi connectivity index (χ2v) is 26.6. The van der Waals surface area contributed by atoms with Gasteiger partial charge in [-0.1, -0.05) is 0 Å². The normalized spacial score (nSPS) is 16.9. The summed E-state index contributed by atoms with van der Waals surface area (Å²) in [7, 11) is -0.720. The summed E-state index contributed by atoms with van der Waals surface area (Å²) in [6.45, 7) is 9.43. The van der Waals surface area contributed by atoms with Crippen LogP contribution in [0.3, 0.4) is 0 Å². The molecule has 4 atom stereocenters. The zero-order valence-corrected chi connectivity index (χ0v) is 41.4. The van der Waals surface area contributed by atoms with Crippen molar-refractivity contribution in [3.05, 3.63) is 233 Å². The molecule has 0 fully saturated rings. The Morgan fingerprint density at radius 3 is 1.36 bits per heavy atom. The predicted molar refractivity (Wildman–Crippen MR) is 275 cm³/mol. The van der Waals surface area contributed by atoms with Crippen molar-refractivity contribution >= 4 is 46.5 Å². The third-order valence-electron chi connectivity index (χ3n) is 14.9. The van der Waals surface area contributed by atoms with E-state index >= 15 is 0 Å². The van der Waals surface area contributed by atoms with Crippen LogP contribution in [0, 0.1) is 0 Å². The molecule has 2 heteroatoms. The first-order chi connectivity index (χ1) is 31.5. The fraction of sp³-hybridized carbons (Fsp3) is 0.161. The number of allylic oxidation sites excluding steroid dienone is 2. The van der Waals surface area contributed by atoms with Gasteiger partial charge in [0.15, 0.2) is 0 Å². The van der Waals surface area contributed by atoms with Crippen molar-refractivity contribution in [1.29, 1.82) is 0 Å². The first-order valence-corrected chi connectivity index (χ1v) is 29.1. The number of hydrogen-bond acceptors (Lipinski definition) is 0. The van der Waals surface area contributed by atoms with Gasteiger partial charge in [-0.15, -0.1) is 0 Å². The van der Waals surface area contributed by atoms with Crippen molar-refractivity contribution in [2.24, 2.45) is 0 Å². The van der Waals surface area contributed by atoms with Gasteiger partial charge in [-0.25, -0.2) is 0 Å². The second kappa shape index (κ2) is 17.4. The molecule has 8 aromatic rings. The van der Waals surface area contributed by atoms with Gasteiger partial charge in [-0.2, -0.15) is 0 Å². The predicted octanol–water partition coefficient (Wildman–Crippen LogP) is 14.0. The average Bonchev–Trinajstić information content (AvgIpc) is 4.07. The zero-order valence-electron chi connectivity index (χ0n) is 37.5. The van der Waals surface area contributed by atoms with Crippen LogP contribution in [-0.2, 0) is 21.8 Å². The standard InChI is InChI=1S/2C25H23.C12H9Si.Zr/c2*1-3-18(2)22-13-7-8-14-23(22)24-15-9-12-20-16-21(17-25(20)24)19-10-5-4-6-11-19;1-3-7-11-9(5-1)10-6-2-4-8-12(10)13-11;/h2*4-18H,3H2,1-2H3;1-7H,13H2;. The van der Waals surface area contributed by atoms with Gasteiger partial charge in [-0.3, -0.25) is 0 Å². The second-order valence-electron chi connectivity index (χ2n) is 18.3. The van der Waals surface area contributed by atoms with E-state index < -0.39 is 31.3 Å². The van der Waals surface area contributed by atoms with E-state index in [9.17, 15) is 0 Å². The Balaban J connectivity index is 1.22. The van der Waals surface area contributed by atoms with Crippen molar-refractivity contribution in [3.8, 4) is 33.4 Å². The van der Waals surface area contributed by atoms with Gasteiger partial charge >= 0.3 is 394 Å². The van der Waals surface area contributed by atoms with E-state index in [1.807, 2.05) is 0 Å². The maximum atomic E-state index is 2.65. The van der Waals surface area contributed by atoms with Crippen molar-refractivity contribution in [2.75, 3.05) is 0 Å². The molecule has 0 radical (unpaired) electrons. The molecule has 0 aromatic heterocycles. The molecule has 0 amide bonds. The molecule has 0 saturated heterocycles. The molecule has 0 bridgehead atoms. The van der Waals surface area contributed by atoms with E-state index in [2.05, 4.69) is 228 Å². The van der Waals surface area contributed by atoms with Crippen LogP contribution in [-0.4, -0.2) is 9.52 Å². The Morgan fingerprint density at radius 2 is 0.844 bits per heavy atom. The summed E-state index contributed by atoms with van der Waals surface area (Å²) in [6.07, 6.45) is 7.52. The molecular weight excluding hydrogens is 864 g/mol. The van der Waals surface area contributed by atoms with Gasteiger partial charge in [-0.05, 0) is 0 Å². The third kappa shape index (κ3) is 6.97. The molecule has 311 valence electrons. The van der Waals surface area contributed by atoms with E-state index in [0.717, 1.165) is 12.8 Å². The Labute approximate surface area is 391 Å². The topological polar surface area (TPSA) is 0 Å². The van der Waals surface area contributed by atoms with E-state index in [-0.39, 0.29) is 0 Å². The molecule has 4 unspecified atom stereocenters. The molecule has 0 spiro atoms. The average molecular weight is 919 g/mol. The van der Waals surface area contributed by atoms with E-state index in [4.69, 9.17) is 0 Å². The van der Waals surface area contributed by atoms with Gasteiger partial charge in [0.2, 0.25) is 0 Å². The van der Waals surface area contributed by atoms with Crippen LogP contribution in [0.5, 0.6) is 0 Å². The molecule has 1 heterocycles. The van der Waals surface area contributed by atoms with E-state index in [1.165, 1.54) is 89.0 Å². The van der Waals surface area contributed by atoms with Gasteiger partial charge in [0.05, 0.1) is 0 Å². The number of hydrogen-bond donors (Lipinski definition) is 0. The Bertz CT molecular complexity index is 2940. The minimum atomic E-state index is -3.17. The minimum absolute atomic E-state index is 0.291. The third-order valence-corrected chi connectivity index (χ3v) is 26.7. The van der Waals surface area contributed by atoms with Crippen LogP contribution in [0.4, 0.5) is 0 Å². The molecule has 0 nitrogen and oxygen atoms in total. The molecule has 0 N–H and O–H groups in total. The van der Waals surface area contributed by atoms with Crippen LogP contribution in [0.25, 0.3) is 56.7 Å². The monoisotopic (exact) mass is 917 g/mol. The van der Waals surface area contributed by atoms with Crippen molar-refractivity contribution < 1.29 is 21.8 Å². The van der Waals surface area contributed by atoms with E-state index in [0.29, 0.717) is 19.1 Å². The van der Waals surface area contributed by atoms with Crippen LogP contribution in [0.2, 0.25) is 0 Å². The molecular formula is C62H55SiZr. The number of fused-ring (bicyclic) bond motifs is 5. The zero-order chi connectivity index (χ0) is 43.3. The van der Waals surface area contributed by atoms with Crippen LogP contribution < -0.4 is 13.6 Å². The van der Waals surface area contributed by atoms with Crippen LogP contribution in [0.1, 0.15) is 104 Å². The van der Waals surface area contributed by atoms with Crippen molar-refractivity contribution in [1.82, 2.24) is 0 Å². The first kappa shape index (κ1) is 41.1. The van der Waals surface area contributed by atoms with Crippen LogP contribution in [0.15, 0.2) is 188 Å². The Hall–Kier alpha value is -5.66. The van der Waals surface area contributed by atoms with Crippen molar-refractivity contribution in [3.63, 3.8) is 0 Å². The maximum absolute atomic E-state index is 3.17. The van der Waals surface area contributed by atoms with Gasteiger partial charge < -0.3 is 0 Å². The van der Waals surface area contributed by atoms with Gasteiger partial charge in [0.25, 0.3) is 0 Å². The molecule has 3 aliphatic rings. The van der Waals surface area contributed by atoms with Crippen LogP contribution >= 0.6 is 0 Å². The van der Waals surface area contributed by atoms with Crippen molar-refractivity contribution in [2.45, 2.75) is 59.6 Å². The summed E-state index contributed by atoms with van der Waals surface area (Å²) in [6, 6.07) is 72.9. The molecule has 8 aromatic carbocycles. The van der Waals surface area contributed by atoms with Gasteiger partial charge in [0.1, 0.15) is 0 Å². The quantitative estimate of drug-likeness (QED) is 0.113. The molecule has 64 heavy (non-hydrogen) atoms. The SMILES string of the molecule is CCC(C)c1ccccc1-c1cccc2c1C=C(c1ccccc1)[CH]2[Zr]([c]1cccc2c1[SiH2]c1ccccc1-2)[CH]1C(c2ccccc2)=Cc2c(-c3ccccc3C(C)CC)cccc21. The first-order valence-electron chi connectivity index (χ1n) is 23.6. The molecule has 11 rings (SSSR count). The number of benzene rings is 8. The fourth-order valence-corrected chi connectivity index (χ4v) is 25.2. The Morgan fingerprint density at radius 1 is 0.422 bits per heavy atom. The summed E-state index contributed by atoms with van der Waals surface area (Å²) in [5, 5.41) is 3.30. The molecule has 0 saturated carbocycles. The summed E-state index contributed by atoms with van der Waals surface area (Å²) in [4.78, 5) is 0. The van der Waals surface area contributed by atoms with Gasteiger partial charge in [0, 0.05) is 0 Å². The van der Waals surface area contributed by atoms with E-state index in [1.54, 1.807) is 13.6 Å². The summed E-state index contributed by atoms with van der Waals surface area (Å²) >= 11 is -3.17. The fourth-order valence-electron chi connectivity index (χ4n) is 11.4. The summed E-state index contributed by atoms with van der Waals surface area (Å²) < 4.78 is 2.30. The summed E-state index contributed by atoms with van der Waals surface area (Å²) in [5.41, 5.74) is 23.0. The molecule has 1 aliphatic heterocycles. The summed E-state index contributed by atoms with van der Waals surface area (Å²) in [5.74, 6) is 0.944. The Kier molecular flexibility index (Phi) is 11.2. The number of rotatable bonds is 11. The molecule has 2 aliphatic carbocycles.